The lowest BCUT2D eigenvalue weighted by molar-refractivity contribution is 0.307. The second-order valence-electron chi connectivity index (χ2n) is 6.37. The van der Waals surface area contributed by atoms with Gasteiger partial charge in [0.25, 0.3) is 5.56 Å². The molecule has 1 heterocycles. The van der Waals surface area contributed by atoms with Gasteiger partial charge in [0.2, 0.25) is 0 Å². The number of fused-ring (bicyclic) bond motifs is 1. The second kappa shape index (κ2) is 6.92. The highest BCUT2D eigenvalue weighted by molar-refractivity contribution is 5.81. The topological polar surface area (TPSA) is 47.0 Å². The van der Waals surface area contributed by atoms with Crippen LogP contribution in [0.1, 0.15) is 5.56 Å². The molecule has 0 saturated heterocycles. The lowest BCUT2D eigenvalue weighted by Gasteiger charge is -2.09. The number of halogens is 3. The quantitative estimate of drug-likeness (QED) is 0.526. The number of aromatic nitrogens is 2. The fraction of sp³-hybridized carbons (Fsp3) is 0.0952. The van der Waals surface area contributed by atoms with Gasteiger partial charge in [0, 0.05) is 24.2 Å². The summed E-state index contributed by atoms with van der Waals surface area (Å²) in [4.78, 5) is 12.0. The zero-order chi connectivity index (χ0) is 19.8. The Morgan fingerprint density at radius 2 is 1.68 bits per heavy atom. The van der Waals surface area contributed by atoms with Crippen LogP contribution in [0.3, 0.4) is 0 Å². The maximum atomic E-state index is 13.9. The number of benzene rings is 3. The molecule has 0 fully saturated rings. The normalized spacial score (nSPS) is 11.1. The Morgan fingerprint density at radius 1 is 0.964 bits per heavy atom. The molecule has 4 rings (SSSR count). The van der Waals surface area contributed by atoms with Crippen LogP contribution >= 0.6 is 0 Å². The molecule has 0 aliphatic rings. The molecule has 7 heteroatoms. The summed E-state index contributed by atoms with van der Waals surface area (Å²) in [6.07, 6.45) is 0. The molecule has 0 atom stereocenters. The van der Waals surface area contributed by atoms with Crippen molar-refractivity contribution >= 4 is 10.9 Å². The minimum absolute atomic E-state index is 0.0305. The molecule has 0 aliphatic carbocycles. The number of rotatable bonds is 4. The van der Waals surface area contributed by atoms with E-state index in [1.165, 1.54) is 4.68 Å². The average Bonchev–Trinajstić information content (AvgIpc) is 2.98. The first-order chi connectivity index (χ1) is 13.4. The van der Waals surface area contributed by atoms with Gasteiger partial charge in [0.1, 0.15) is 18.2 Å². The molecule has 1 aromatic heterocycles. The number of hydrogen-bond acceptors (Lipinski definition) is 2. The Hall–Kier alpha value is -3.48. The van der Waals surface area contributed by atoms with Crippen LogP contribution in [0.15, 0.2) is 59.4 Å². The van der Waals surface area contributed by atoms with E-state index in [1.54, 1.807) is 43.4 Å². The van der Waals surface area contributed by atoms with Crippen LogP contribution in [-0.4, -0.2) is 9.78 Å². The van der Waals surface area contributed by atoms with Gasteiger partial charge < -0.3 is 4.74 Å². The summed E-state index contributed by atoms with van der Waals surface area (Å²) in [5.74, 6) is -2.66. The van der Waals surface area contributed by atoms with Gasteiger partial charge in [0.05, 0.1) is 10.9 Å². The van der Waals surface area contributed by atoms with Crippen molar-refractivity contribution in [3.05, 3.63) is 88.0 Å². The lowest BCUT2D eigenvalue weighted by Crippen LogP contribution is -2.10. The van der Waals surface area contributed by atoms with E-state index in [0.717, 1.165) is 11.6 Å². The summed E-state index contributed by atoms with van der Waals surface area (Å²) in [5, 5.41) is 3.57. The molecule has 0 spiro atoms. The van der Waals surface area contributed by atoms with E-state index in [4.69, 9.17) is 4.74 Å². The molecule has 28 heavy (non-hydrogen) atoms. The molecule has 0 aliphatic heterocycles. The second-order valence-corrected chi connectivity index (χ2v) is 6.37. The standard InChI is InChI=1S/C21H15F3N2O2/c1-26-21(27)15-4-2-3-13(20(15)25-26)11-28-14-7-5-12(6-8-14)16-9-18(23)19(24)10-17(16)22/h2-10,25H,11H2,1H3. The molecule has 142 valence electrons. The lowest BCUT2D eigenvalue weighted by atomic mass is 10.0. The van der Waals surface area contributed by atoms with Crippen LogP contribution in [0.4, 0.5) is 13.2 Å². The molecule has 0 unspecified atom stereocenters. The fourth-order valence-electron chi connectivity index (χ4n) is 3.07. The summed E-state index contributed by atoms with van der Waals surface area (Å²) < 4.78 is 47.5. The zero-order valence-electron chi connectivity index (χ0n) is 14.8. The Kier molecular flexibility index (Phi) is 4.43. The zero-order valence-corrected chi connectivity index (χ0v) is 14.8. The van der Waals surface area contributed by atoms with Crippen LogP contribution in [0.25, 0.3) is 22.0 Å². The van der Waals surface area contributed by atoms with Crippen molar-refractivity contribution in [1.29, 1.82) is 0 Å². The number of nitrogens with zero attached hydrogens (tertiary/aromatic N) is 1. The van der Waals surface area contributed by atoms with Crippen molar-refractivity contribution in [2.75, 3.05) is 0 Å². The number of hydrogen-bond donors (Lipinski definition) is 1. The van der Waals surface area contributed by atoms with E-state index in [-0.39, 0.29) is 17.7 Å². The number of para-hydroxylation sites is 1. The molecule has 1 N–H and O–H groups in total. The third-order valence-corrected chi connectivity index (χ3v) is 4.53. The van der Waals surface area contributed by atoms with Gasteiger partial charge in [-0.1, -0.05) is 24.3 Å². The first-order valence-electron chi connectivity index (χ1n) is 8.48. The van der Waals surface area contributed by atoms with Crippen LogP contribution < -0.4 is 10.3 Å². The summed E-state index contributed by atoms with van der Waals surface area (Å²) in [7, 11) is 1.64. The highest BCUT2D eigenvalue weighted by Crippen LogP contribution is 2.27. The van der Waals surface area contributed by atoms with Gasteiger partial charge >= 0.3 is 0 Å². The summed E-state index contributed by atoms with van der Waals surface area (Å²) >= 11 is 0. The Labute approximate surface area is 157 Å². The number of nitrogens with one attached hydrogen (secondary N) is 1. The van der Waals surface area contributed by atoms with Crippen LogP contribution in [0.2, 0.25) is 0 Å². The highest BCUT2D eigenvalue weighted by Gasteiger charge is 2.12. The van der Waals surface area contributed by atoms with E-state index >= 15 is 0 Å². The molecule has 3 aromatic carbocycles. The third-order valence-electron chi connectivity index (χ3n) is 4.53. The van der Waals surface area contributed by atoms with Gasteiger partial charge in [0.15, 0.2) is 11.6 Å². The molecule has 0 bridgehead atoms. The van der Waals surface area contributed by atoms with Crippen LogP contribution in [0, 0.1) is 17.5 Å². The van der Waals surface area contributed by atoms with Gasteiger partial charge in [-0.3, -0.25) is 14.6 Å². The van der Waals surface area contributed by atoms with E-state index < -0.39 is 17.5 Å². The van der Waals surface area contributed by atoms with E-state index in [9.17, 15) is 18.0 Å². The maximum absolute atomic E-state index is 13.9. The van der Waals surface area contributed by atoms with E-state index in [0.29, 0.717) is 28.3 Å². The van der Waals surface area contributed by atoms with Crippen molar-refractivity contribution < 1.29 is 17.9 Å². The number of aromatic amines is 1. The van der Waals surface area contributed by atoms with Gasteiger partial charge in [-0.2, -0.15) is 0 Å². The van der Waals surface area contributed by atoms with Crippen LogP contribution in [0.5, 0.6) is 5.75 Å². The molecule has 0 amide bonds. The van der Waals surface area contributed by atoms with Crippen molar-refractivity contribution in [2.24, 2.45) is 7.05 Å². The maximum Gasteiger partial charge on any atom is 0.274 e. The van der Waals surface area contributed by atoms with Gasteiger partial charge in [-0.05, 0) is 29.8 Å². The van der Waals surface area contributed by atoms with Gasteiger partial charge in [-0.25, -0.2) is 13.2 Å². The summed E-state index contributed by atoms with van der Waals surface area (Å²) in [6.45, 7) is 0.218. The monoisotopic (exact) mass is 384 g/mol. The van der Waals surface area contributed by atoms with Crippen LogP contribution in [-0.2, 0) is 13.7 Å². The van der Waals surface area contributed by atoms with Gasteiger partial charge in [-0.15, -0.1) is 0 Å². The van der Waals surface area contributed by atoms with Crippen molar-refractivity contribution in [3.8, 4) is 16.9 Å². The van der Waals surface area contributed by atoms with E-state index in [1.807, 2.05) is 6.07 Å². The van der Waals surface area contributed by atoms with Crippen molar-refractivity contribution in [1.82, 2.24) is 9.78 Å². The SMILES string of the molecule is Cn1[nH]c2c(COc3ccc(-c4cc(F)c(F)cc4F)cc3)cccc2c1=O. The smallest absolute Gasteiger partial charge is 0.274 e. The Morgan fingerprint density at radius 3 is 2.43 bits per heavy atom. The predicted molar refractivity (Wildman–Crippen MR) is 99.6 cm³/mol. The molecule has 0 saturated carbocycles. The number of H-pyrrole nitrogens is 1. The molecule has 4 aromatic rings. The molecule has 4 nitrogen and oxygen atoms in total. The number of ether oxygens (including phenoxy) is 1. The minimum Gasteiger partial charge on any atom is -0.489 e. The highest BCUT2D eigenvalue weighted by atomic mass is 19.2. The molecule has 0 radical (unpaired) electrons. The van der Waals surface area contributed by atoms with Crippen molar-refractivity contribution in [2.45, 2.75) is 6.61 Å². The minimum atomic E-state index is -1.23. The third kappa shape index (κ3) is 3.15. The molecular formula is C21H15F3N2O2. The summed E-state index contributed by atoms with van der Waals surface area (Å²) in [5.41, 5.74) is 1.77. The first kappa shape index (κ1) is 17.9. The predicted octanol–water partition coefficient (Wildman–Crippen LogP) is 4.53. The first-order valence-corrected chi connectivity index (χ1v) is 8.48. The average molecular weight is 384 g/mol. The number of aryl methyl sites for hydroxylation is 1. The Balaban J connectivity index is 1.56. The fourth-order valence-corrected chi connectivity index (χ4v) is 3.07. The molecular weight excluding hydrogens is 369 g/mol. The summed E-state index contributed by atoms with van der Waals surface area (Å²) in [6, 6.07) is 13.1. The Bertz CT molecular complexity index is 1230. The van der Waals surface area contributed by atoms with Crippen molar-refractivity contribution in [3.63, 3.8) is 0 Å². The largest absolute Gasteiger partial charge is 0.489 e. The van der Waals surface area contributed by atoms with E-state index in [2.05, 4.69) is 5.10 Å².